The van der Waals surface area contributed by atoms with Crippen molar-refractivity contribution in [3.05, 3.63) is 23.8 Å². The smallest absolute Gasteiger partial charge is 0.329 e. The average Bonchev–Trinajstić information content (AvgIpc) is 2.47. The summed E-state index contributed by atoms with van der Waals surface area (Å²) in [6, 6.07) is 4.85. The highest BCUT2D eigenvalue weighted by Gasteiger charge is 2.18. The number of hydrogen-bond acceptors (Lipinski definition) is 3. The molecule has 14 heavy (non-hydrogen) atoms. The van der Waals surface area contributed by atoms with Crippen molar-refractivity contribution in [2.45, 2.75) is 6.16 Å². The molecule has 0 spiro atoms. The third-order valence-corrected chi connectivity index (χ3v) is 2.60. The van der Waals surface area contributed by atoms with Crippen LogP contribution in [-0.4, -0.2) is 16.6 Å². The second-order valence-electron chi connectivity index (χ2n) is 3.01. The second kappa shape index (κ2) is 3.28. The fraction of sp³-hybridized carbons (Fsp3) is 0.250. The minimum Gasteiger partial charge on any atom is -0.454 e. The van der Waals surface area contributed by atoms with E-state index in [9.17, 15) is 4.57 Å². The predicted octanol–water partition coefficient (Wildman–Crippen LogP) is 1.09. The molecule has 0 saturated heterocycles. The van der Waals surface area contributed by atoms with Gasteiger partial charge >= 0.3 is 7.60 Å². The van der Waals surface area contributed by atoms with E-state index in [4.69, 9.17) is 19.3 Å². The SMILES string of the molecule is O=P(O)(O)Cc1ccc2c(c1)OCO2. The van der Waals surface area contributed by atoms with E-state index in [0.29, 0.717) is 17.1 Å². The molecule has 0 aliphatic carbocycles. The lowest BCUT2D eigenvalue weighted by Crippen LogP contribution is -1.93. The Morgan fingerprint density at radius 3 is 2.71 bits per heavy atom. The van der Waals surface area contributed by atoms with E-state index in [0.717, 1.165) is 0 Å². The summed E-state index contributed by atoms with van der Waals surface area (Å²) in [6.45, 7) is 0.161. The molecule has 0 bridgehead atoms. The molecule has 0 saturated carbocycles. The van der Waals surface area contributed by atoms with E-state index < -0.39 is 7.60 Å². The minimum absolute atomic E-state index is 0.161. The Morgan fingerprint density at radius 1 is 1.29 bits per heavy atom. The molecule has 0 aromatic heterocycles. The van der Waals surface area contributed by atoms with Crippen molar-refractivity contribution >= 4 is 7.60 Å². The fourth-order valence-corrected chi connectivity index (χ4v) is 1.95. The first kappa shape index (κ1) is 9.52. The van der Waals surface area contributed by atoms with Gasteiger partial charge in [-0.05, 0) is 17.7 Å². The molecule has 0 amide bonds. The lowest BCUT2D eigenvalue weighted by Gasteiger charge is -2.04. The maximum atomic E-state index is 10.7. The third-order valence-electron chi connectivity index (χ3n) is 1.83. The summed E-state index contributed by atoms with van der Waals surface area (Å²) in [6.07, 6.45) is -0.274. The molecule has 1 aromatic rings. The van der Waals surface area contributed by atoms with Crippen LogP contribution >= 0.6 is 7.60 Å². The molecule has 0 radical (unpaired) electrons. The first-order chi connectivity index (χ1) is 6.54. The molecule has 76 valence electrons. The predicted molar refractivity (Wildman–Crippen MR) is 48.3 cm³/mol. The van der Waals surface area contributed by atoms with Gasteiger partial charge in [0.15, 0.2) is 11.5 Å². The average molecular weight is 216 g/mol. The Labute approximate surface area is 80.4 Å². The van der Waals surface area contributed by atoms with Crippen molar-refractivity contribution in [3.8, 4) is 11.5 Å². The summed E-state index contributed by atoms with van der Waals surface area (Å²) in [7, 11) is -4.01. The van der Waals surface area contributed by atoms with Gasteiger partial charge in [0.25, 0.3) is 0 Å². The van der Waals surface area contributed by atoms with Gasteiger partial charge in [-0.2, -0.15) is 0 Å². The lowest BCUT2D eigenvalue weighted by molar-refractivity contribution is 0.174. The molecule has 0 atom stereocenters. The molecule has 0 fully saturated rings. The van der Waals surface area contributed by atoms with Crippen LogP contribution in [0.5, 0.6) is 11.5 Å². The molecular weight excluding hydrogens is 207 g/mol. The molecule has 1 aromatic carbocycles. The molecule has 1 aliphatic rings. The van der Waals surface area contributed by atoms with Crippen molar-refractivity contribution in [1.82, 2.24) is 0 Å². The molecule has 2 N–H and O–H groups in total. The second-order valence-corrected chi connectivity index (χ2v) is 4.66. The van der Waals surface area contributed by atoms with Crippen LogP contribution in [0.1, 0.15) is 5.56 Å². The summed E-state index contributed by atoms with van der Waals surface area (Å²) >= 11 is 0. The Kier molecular flexibility index (Phi) is 2.23. The first-order valence-corrected chi connectivity index (χ1v) is 5.77. The summed E-state index contributed by atoms with van der Waals surface area (Å²) < 4.78 is 20.9. The van der Waals surface area contributed by atoms with E-state index in [1.165, 1.54) is 0 Å². The van der Waals surface area contributed by atoms with Gasteiger partial charge in [0.2, 0.25) is 6.79 Å². The van der Waals surface area contributed by atoms with Crippen LogP contribution in [0.3, 0.4) is 0 Å². The van der Waals surface area contributed by atoms with Crippen LogP contribution in [-0.2, 0) is 10.7 Å². The number of ether oxygens (including phenoxy) is 2. The Bertz CT molecular complexity index is 397. The van der Waals surface area contributed by atoms with E-state index in [1.807, 2.05) is 0 Å². The van der Waals surface area contributed by atoms with Crippen LogP contribution in [0.4, 0.5) is 0 Å². The van der Waals surface area contributed by atoms with E-state index >= 15 is 0 Å². The fourth-order valence-electron chi connectivity index (χ4n) is 1.28. The molecule has 5 nitrogen and oxygen atoms in total. The van der Waals surface area contributed by atoms with Gasteiger partial charge in [-0.15, -0.1) is 0 Å². The zero-order valence-electron chi connectivity index (χ0n) is 7.21. The molecule has 0 unspecified atom stereocenters. The largest absolute Gasteiger partial charge is 0.454 e. The van der Waals surface area contributed by atoms with Crippen LogP contribution in [0.15, 0.2) is 18.2 Å². The van der Waals surface area contributed by atoms with Crippen LogP contribution in [0.25, 0.3) is 0 Å². The topological polar surface area (TPSA) is 76.0 Å². The van der Waals surface area contributed by atoms with Crippen molar-refractivity contribution < 1.29 is 23.8 Å². The van der Waals surface area contributed by atoms with Gasteiger partial charge in [0, 0.05) is 0 Å². The molecule has 6 heteroatoms. The molecular formula is C8H9O5P. The third kappa shape index (κ3) is 2.07. The van der Waals surface area contributed by atoms with Crippen molar-refractivity contribution in [2.75, 3.05) is 6.79 Å². The molecule has 1 heterocycles. The normalized spacial score (nSPS) is 14.4. The van der Waals surface area contributed by atoms with Crippen LogP contribution in [0.2, 0.25) is 0 Å². The minimum atomic E-state index is -4.01. The van der Waals surface area contributed by atoms with Gasteiger partial charge < -0.3 is 19.3 Å². The van der Waals surface area contributed by atoms with Crippen LogP contribution < -0.4 is 9.47 Å². The Morgan fingerprint density at radius 2 is 2.00 bits per heavy atom. The zero-order valence-corrected chi connectivity index (χ0v) is 8.11. The number of rotatable bonds is 2. The summed E-state index contributed by atoms with van der Waals surface area (Å²) in [5.41, 5.74) is 0.544. The Balaban J connectivity index is 2.25. The zero-order chi connectivity index (χ0) is 10.2. The van der Waals surface area contributed by atoms with Gasteiger partial charge in [-0.3, -0.25) is 4.57 Å². The van der Waals surface area contributed by atoms with E-state index in [1.54, 1.807) is 18.2 Å². The highest BCUT2D eigenvalue weighted by molar-refractivity contribution is 7.50. The number of benzene rings is 1. The highest BCUT2D eigenvalue weighted by atomic mass is 31.2. The quantitative estimate of drug-likeness (QED) is 0.723. The maximum Gasteiger partial charge on any atom is 0.329 e. The van der Waals surface area contributed by atoms with E-state index in [-0.39, 0.29) is 13.0 Å². The monoisotopic (exact) mass is 216 g/mol. The van der Waals surface area contributed by atoms with Gasteiger partial charge in [0.05, 0.1) is 6.16 Å². The lowest BCUT2D eigenvalue weighted by atomic mass is 10.2. The molecule has 1 aliphatic heterocycles. The summed E-state index contributed by atoms with van der Waals surface area (Å²) in [4.78, 5) is 17.5. The van der Waals surface area contributed by atoms with Gasteiger partial charge in [-0.25, -0.2) is 0 Å². The van der Waals surface area contributed by atoms with Crippen molar-refractivity contribution in [3.63, 3.8) is 0 Å². The van der Waals surface area contributed by atoms with Crippen LogP contribution in [0, 0.1) is 0 Å². The summed E-state index contributed by atoms with van der Waals surface area (Å²) in [5, 5.41) is 0. The first-order valence-electron chi connectivity index (χ1n) is 3.98. The van der Waals surface area contributed by atoms with E-state index in [2.05, 4.69) is 0 Å². The number of fused-ring (bicyclic) bond motifs is 1. The molecule has 2 rings (SSSR count). The summed E-state index contributed by atoms with van der Waals surface area (Å²) in [5.74, 6) is 1.15. The Hall–Kier alpha value is -1.03. The maximum absolute atomic E-state index is 10.7. The van der Waals surface area contributed by atoms with Gasteiger partial charge in [0.1, 0.15) is 0 Å². The van der Waals surface area contributed by atoms with Crippen molar-refractivity contribution in [1.29, 1.82) is 0 Å². The van der Waals surface area contributed by atoms with Gasteiger partial charge in [-0.1, -0.05) is 6.07 Å². The highest BCUT2D eigenvalue weighted by Crippen LogP contribution is 2.41. The number of hydrogen-bond donors (Lipinski definition) is 2. The van der Waals surface area contributed by atoms with Crippen molar-refractivity contribution in [2.24, 2.45) is 0 Å². The standard InChI is InChI=1S/C8H9O5P/c9-14(10,11)4-6-1-2-7-8(3-6)13-5-12-7/h1-3H,4-5H2,(H2,9,10,11).